The first-order chi connectivity index (χ1) is 11.4. The highest BCUT2D eigenvalue weighted by molar-refractivity contribution is 7.88. The van der Waals surface area contributed by atoms with E-state index in [9.17, 15) is 13.2 Å². The lowest BCUT2D eigenvalue weighted by Crippen LogP contribution is -2.29. The third-order valence-corrected chi connectivity index (χ3v) is 5.46. The third-order valence-electron chi connectivity index (χ3n) is 4.17. The van der Waals surface area contributed by atoms with Gasteiger partial charge in [-0.1, -0.05) is 18.2 Å². The molecule has 1 aliphatic heterocycles. The molecule has 2 aromatic rings. The molecule has 0 aliphatic carbocycles. The summed E-state index contributed by atoms with van der Waals surface area (Å²) in [6.45, 7) is 0.517. The fourth-order valence-corrected chi connectivity index (χ4v) is 4.15. The summed E-state index contributed by atoms with van der Waals surface area (Å²) in [5.41, 5.74) is 2.43. The Bertz CT molecular complexity index is 862. The van der Waals surface area contributed by atoms with Gasteiger partial charge in [-0.2, -0.15) is 4.31 Å². The predicted octanol–water partition coefficient (Wildman–Crippen LogP) is 2.54. The Morgan fingerprint density at radius 1 is 1.21 bits per heavy atom. The molecule has 7 heteroatoms. The maximum Gasteiger partial charge on any atom is 0.335 e. The number of pyridine rings is 1. The number of hydrogen-bond acceptors (Lipinski definition) is 4. The molecule has 0 saturated carbocycles. The van der Waals surface area contributed by atoms with Crippen LogP contribution >= 0.6 is 0 Å². The molecular formula is C17H18N2O4S. The van der Waals surface area contributed by atoms with Crippen molar-refractivity contribution >= 4 is 16.0 Å². The summed E-state index contributed by atoms with van der Waals surface area (Å²) in [6.07, 6.45) is 2.79. The summed E-state index contributed by atoms with van der Waals surface area (Å²) in [5.74, 6) is -0.974. The van der Waals surface area contributed by atoms with E-state index in [1.807, 2.05) is 18.2 Å². The van der Waals surface area contributed by atoms with Gasteiger partial charge in [-0.25, -0.2) is 13.2 Å². The van der Waals surface area contributed by atoms with Crippen molar-refractivity contribution < 1.29 is 18.3 Å². The van der Waals surface area contributed by atoms with Crippen LogP contribution in [0.4, 0.5) is 0 Å². The first-order valence-corrected chi connectivity index (χ1v) is 9.48. The number of nitrogens with zero attached hydrogens (tertiary/aromatic N) is 2. The van der Waals surface area contributed by atoms with Crippen molar-refractivity contribution in [1.29, 1.82) is 0 Å². The molecule has 0 radical (unpaired) electrons. The number of carboxylic acid groups (broad SMARTS) is 1. The van der Waals surface area contributed by atoms with Crippen molar-refractivity contribution in [2.75, 3.05) is 12.8 Å². The molecule has 1 atom stereocenters. The molecular weight excluding hydrogens is 328 g/mol. The Morgan fingerprint density at radius 2 is 1.92 bits per heavy atom. The third kappa shape index (κ3) is 3.32. The number of aromatic nitrogens is 1. The van der Waals surface area contributed by atoms with Crippen LogP contribution in [-0.2, 0) is 10.0 Å². The van der Waals surface area contributed by atoms with Crippen LogP contribution in [0.15, 0.2) is 42.5 Å². The summed E-state index contributed by atoms with van der Waals surface area (Å²) < 4.78 is 25.3. The summed E-state index contributed by atoms with van der Waals surface area (Å²) in [7, 11) is -3.26. The highest BCUT2D eigenvalue weighted by atomic mass is 32.2. The largest absolute Gasteiger partial charge is 0.478 e. The fourth-order valence-electron chi connectivity index (χ4n) is 3.01. The first kappa shape index (κ1) is 16.6. The van der Waals surface area contributed by atoms with Gasteiger partial charge in [0.2, 0.25) is 10.0 Å². The number of aromatic carboxylic acids is 1. The van der Waals surface area contributed by atoms with Crippen LogP contribution < -0.4 is 0 Å². The molecule has 1 aromatic heterocycles. The smallest absolute Gasteiger partial charge is 0.335 e. The van der Waals surface area contributed by atoms with E-state index in [1.54, 1.807) is 12.1 Å². The van der Waals surface area contributed by atoms with Gasteiger partial charge in [-0.3, -0.25) is 4.98 Å². The molecule has 126 valence electrons. The minimum Gasteiger partial charge on any atom is -0.478 e. The Hall–Kier alpha value is -2.25. The molecule has 6 nitrogen and oxygen atoms in total. The van der Waals surface area contributed by atoms with Gasteiger partial charge in [0.1, 0.15) is 0 Å². The van der Waals surface area contributed by atoms with Crippen LogP contribution in [0.2, 0.25) is 0 Å². The van der Waals surface area contributed by atoms with Crippen LogP contribution in [0.25, 0.3) is 11.3 Å². The van der Waals surface area contributed by atoms with Gasteiger partial charge in [-0.15, -0.1) is 0 Å². The lowest BCUT2D eigenvalue weighted by Gasteiger charge is -2.22. The van der Waals surface area contributed by atoms with Crippen molar-refractivity contribution in [3.8, 4) is 11.3 Å². The van der Waals surface area contributed by atoms with Gasteiger partial charge >= 0.3 is 5.97 Å². The zero-order valence-corrected chi connectivity index (χ0v) is 14.0. The molecule has 0 spiro atoms. The molecule has 0 bridgehead atoms. The quantitative estimate of drug-likeness (QED) is 0.919. The second-order valence-electron chi connectivity index (χ2n) is 5.86. The molecule has 1 aliphatic rings. The summed E-state index contributed by atoms with van der Waals surface area (Å²) in [5, 5.41) is 8.96. The Kier molecular flexibility index (Phi) is 4.38. The van der Waals surface area contributed by atoms with Gasteiger partial charge in [-0.05, 0) is 37.1 Å². The number of benzene rings is 1. The Balaban J connectivity index is 1.93. The van der Waals surface area contributed by atoms with E-state index in [-0.39, 0.29) is 11.6 Å². The predicted molar refractivity (Wildman–Crippen MR) is 90.2 cm³/mol. The fraction of sp³-hybridized carbons (Fsp3) is 0.294. The topological polar surface area (TPSA) is 87.6 Å². The molecule has 24 heavy (non-hydrogen) atoms. The average molecular weight is 346 g/mol. The van der Waals surface area contributed by atoms with E-state index >= 15 is 0 Å². The van der Waals surface area contributed by atoms with Crippen LogP contribution in [0.3, 0.4) is 0 Å². The molecule has 1 unspecified atom stereocenters. The molecule has 1 fully saturated rings. The number of hydrogen-bond donors (Lipinski definition) is 1. The van der Waals surface area contributed by atoms with E-state index in [1.165, 1.54) is 22.7 Å². The van der Waals surface area contributed by atoms with E-state index in [0.29, 0.717) is 12.2 Å². The maximum absolute atomic E-state index is 11.9. The summed E-state index contributed by atoms with van der Waals surface area (Å²) >= 11 is 0. The highest BCUT2D eigenvalue weighted by Crippen LogP contribution is 2.33. The number of rotatable bonds is 4. The van der Waals surface area contributed by atoms with Gasteiger partial charge in [0, 0.05) is 12.1 Å². The average Bonchev–Trinajstić information content (AvgIpc) is 3.05. The van der Waals surface area contributed by atoms with Crippen molar-refractivity contribution in [2.24, 2.45) is 0 Å². The molecule has 1 saturated heterocycles. The standard InChI is InChI=1S/C17H18N2O4S/c1-24(22,23)19-11-3-6-16(19)15-5-2-4-14(18-15)12-7-9-13(10-8-12)17(20)21/h2,4-5,7-10,16H,3,6,11H2,1H3,(H,20,21). The van der Waals surface area contributed by atoms with Gasteiger partial charge in [0.15, 0.2) is 0 Å². The monoisotopic (exact) mass is 346 g/mol. The Morgan fingerprint density at radius 3 is 2.54 bits per heavy atom. The van der Waals surface area contributed by atoms with Crippen molar-refractivity contribution in [3.05, 3.63) is 53.7 Å². The lowest BCUT2D eigenvalue weighted by molar-refractivity contribution is 0.0697. The van der Waals surface area contributed by atoms with Gasteiger partial charge in [0.05, 0.1) is 29.2 Å². The first-order valence-electron chi connectivity index (χ1n) is 7.64. The SMILES string of the molecule is CS(=O)(=O)N1CCCC1c1cccc(-c2ccc(C(=O)O)cc2)n1. The van der Waals surface area contributed by atoms with E-state index < -0.39 is 16.0 Å². The second-order valence-corrected chi connectivity index (χ2v) is 7.80. The van der Waals surface area contributed by atoms with Crippen LogP contribution in [0, 0.1) is 0 Å². The van der Waals surface area contributed by atoms with Crippen molar-refractivity contribution in [2.45, 2.75) is 18.9 Å². The second kappa shape index (κ2) is 6.33. The van der Waals surface area contributed by atoms with Crippen LogP contribution in [0.1, 0.15) is 34.9 Å². The molecule has 3 rings (SSSR count). The van der Waals surface area contributed by atoms with Crippen molar-refractivity contribution in [3.63, 3.8) is 0 Å². The van der Waals surface area contributed by atoms with Crippen molar-refractivity contribution in [1.82, 2.24) is 9.29 Å². The number of carbonyl (C=O) groups is 1. The van der Waals surface area contributed by atoms with Crippen LogP contribution in [-0.4, -0.2) is 41.6 Å². The minimum absolute atomic E-state index is 0.217. The zero-order valence-electron chi connectivity index (χ0n) is 13.2. The van der Waals surface area contributed by atoms with Gasteiger partial charge < -0.3 is 5.11 Å². The number of carboxylic acids is 1. The molecule has 0 amide bonds. The highest BCUT2D eigenvalue weighted by Gasteiger charge is 2.33. The summed E-state index contributed by atoms with van der Waals surface area (Å²) in [4.78, 5) is 15.5. The van der Waals surface area contributed by atoms with E-state index in [0.717, 1.165) is 24.1 Å². The molecule has 2 heterocycles. The van der Waals surface area contributed by atoms with E-state index in [2.05, 4.69) is 4.98 Å². The Labute approximate surface area is 140 Å². The minimum atomic E-state index is -3.26. The van der Waals surface area contributed by atoms with Crippen LogP contribution in [0.5, 0.6) is 0 Å². The number of sulfonamides is 1. The van der Waals surface area contributed by atoms with E-state index in [4.69, 9.17) is 5.11 Å². The molecule has 1 N–H and O–H groups in total. The lowest BCUT2D eigenvalue weighted by atomic mass is 10.1. The zero-order chi connectivity index (χ0) is 17.3. The normalized spacial score (nSPS) is 18.6. The van der Waals surface area contributed by atoms with Gasteiger partial charge in [0.25, 0.3) is 0 Å². The molecule has 1 aromatic carbocycles. The summed E-state index contributed by atoms with van der Waals surface area (Å²) in [6, 6.07) is 11.8. The maximum atomic E-state index is 11.9.